The number of carbonyl (C=O) groups excluding carboxylic acids is 2. The number of nitrogens with one attached hydrogen (secondary N) is 1. The molecule has 17 heavy (non-hydrogen) atoms. The molecule has 91 valence electrons. The summed E-state index contributed by atoms with van der Waals surface area (Å²) in [5, 5.41) is 0. The molecule has 0 heterocycles. The van der Waals surface area contributed by atoms with Crippen LogP contribution < -0.4 is 16.0 Å². The number of nitrogen functional groups attached to an aromatic ring is 1. The van der Waals surface area contributed by atoms with Crippen LogP contribution >= 0.6 is 0 Å². The molecule has 3 N–H and O–H groups in total. The number of hydrogen-bond donors (Lipinski definition) is 2. The van der Waals surface area contributed by atoms with Crippen molar-refractivity contribution in [3.8, 4) is 5.75 Å². The largest absolute Gasteiger partial charge is 0.573 e. The number of hydrazine groups is 1. The molecule has 1 radical (unpaired) electrons. The maximum absolute atomic E-state index is 11.9. The number of ether oxygens (including phenoxy) is 1. The van der Waals surface area contributed by atoms with Crippen LogP contribution in [0.4, 0.5) is 13.2 Å². The molecule has 0 saturated carbocycles. The van der Waals surface area contributed by atoms with Crippen LogP contribution in [-0.4, -0.2) is 18.6 Å². The molecule has 1 rings (SSSR count). The van der Waals surface area contributed by atoms with Gasteiger partial charge >= 0.3 is 6.36 Å². The first-order valence-corrected chi connectivity index (χ1v) is 4.16. The third-order valence-corrected chi connectivity index (χ3v) is 1.71. The quantitative estimate of drug-likeness (QED) is 0.466. The van der Waals surface area contributed by atoms with Crippen molar-refractivity contribution < 1.29 is 27.5 Å². The van der Waals surface area contributed by atoms with E-state index in [-0.39, 0.29) is 11.1 Å². The third-order valence-electron chi connectivity index (χ3n) is 1.71. The first kappa shape index (κ1) is 13.0. The van der Waals surface area contributed by atoms with Gasteiger partial charge in [0, 0.05) is 5.56 Å². The minimum absolute atomic E-state index is 0.220. The second kappa shape index (κ2) is 4.83. The predicted octanol–water partition coefficient (Wildman–Crippen LogP) is 0.646. The maximum atomic E-state index is 11.9. The molecule has 0 aliphatic rings. The van der Waals surface area contributed by atoms with Crippen LogP contribution in [0, 0.1) is 0 Å². The molecular formula is C9H6F3N2O3. The van der Waals surface area contributed by atoms with Gasteiger partial charge in [-0.1, -0.05) is 0 Å². The Morgan fingerprint density at radius 2 is 2.06 bits per heavy atom. The first-order valence-electron chi connectivity index (χ1n) is 4.16. The lowest BCUT2D eigenvalue weighted by molar-refractivity contribution is -0.274. The zero-order valence-corrected chi connectivity index (χ0v) is 8.17. The number of benzene rings is 1. The fraction of sp³-hybridized carbons (Fsp3) is 0.111. The van der Waals surface area contributed by atoms with Gasteiger partial charge in [0.05, 0.1) is 5.56 Å². The van der Waals surface area contributed by atoms with Gasteiger partial charge in [-0.05, 0) is 18.2 Å². The normalized spacial score (nSPS) is 10.8. The van der Waals surface area contributed by atoms with Crippen molar-refractivity contribution in [2.45, 2.75) is 6.36 Å². The maximum Gasteiger partial charge on any atom is 0.573 e. The van der Waals surface area contributed by atoms with Crippen LogP contribution in [0.3, 0.4) is 0 Å². The average Bonchev–Trinajstić information content (AvgIpc) is 2.25. The van der Waals surface area contributed by atoms with E-state index >= 15 is 0 Å². The van der Waals surface area contributed by atoms with E-state index in [0.717, 1.165) is 18.2 Å². The third kappa shape index (κ3) is 3.45. The topological polar surface area (TPSA) is 81.4 Å². The Balaban J connectivity index is 3.13. The number of carbonyl (C=O) groups is 1. The Labute approximate surface area is 93.3 Å². The van der Waals surface area contributed by atoms with E-state index in [9.17, 15) is 22.8 Å². The summed E-state index contributed by atoms with van der Waals surface area (Å²) < 4.78 is 39.3. The molecule has 1 aromatic rings. The average molecular weight is 247 g/mol. The fourth-order valence-electron chi connectivity index (χ4n) is 1.08. The van der Waals surface area contributed by atoms with Gasteiger partial charge < -0.3 is 4.74 Å². The molecule has 0 aromatic heterocycles. The molecule has 1 amide bonds. The highest BCUT2D eigenvalue weighted by atomic mass is 19.4. The van der Waals surface area contributed by atoms with Gasteiger partial charge in [-0.15, -0.1) is 13.2 Å². The Bertz CT molecular complexity index is 446. The molecule has 5 nitrogen and oxygen atoms in total. The molecule has 0 spiro atoms. The van der Waals surface area contributed by atoms with Crippen LogP contribution in [0.1, 0.15) is 15.9 Å². The Kier molecular flexibility index (Phi) is 3.69. The molecule has 0 bridgehead atoms. The van der Waals surface area contributed by atoms with Gasteiger partial charge in [0.15, 0.2) is 0 Å². The first-order chi connectivity index (χ1) is 7.87. The molecular weight excluding hydrogens is 241 g/mol. The second-order valence-corrected chi connectivity index (χ2v) is 2.83. The Morgan fingerprint density at radius 1 is 1.41 bits per heavy atom. The van der Waals surface area contributed by atoms with Crippen molar-refractivity contribution in [2.24, 2.45) is 5.84 Å². The second-order valence-electron chi connectivity index (χ2n) is 2.83. The van der Waals surface area contributed by atoms with Gasteiger partial charge in [0.25, 0.3) is 5.91 Å². The molecule has 0 atom stereocenters. The van der Waals surface area contributed by atoms with Crippen LogP contribution in [-0.2, 0) is 4.79 Å². The van der Waals surface area contributed by atoms with Gasteiger partial charge in [-0.2, -0.15) is 0 Å². The van der Waals surface area contributed by atoms with Gasteiger partial charge in [0.2, 0.25) is 6.29 Å². The molecule has 8 heteroatoms. The van der Waals surface area contributed by atoms with Gasteiger partial charge in [0.1, 0.15) is 5.75 Å². The zero-order valence-electron chi connectivity index (χ0n) is 8.17. The lowest BCUT2D eigenvalue weighted by atomic mass is 10.1. The minimum atomic E-state index is -4.89. The molecule has 0 fully saturated rings. The minimum Gasteiger partial charge on any atom is -0.406 e. The zero-order chi connectivity index (χ0) is 13.1. The highest BCUT2D eigenvalue weighted by Gasteiger charge is 2.31. The summed E-state index contributed by atoms with van der Waals surface area (Å²) in [4.78, 5) is 21.6. The summed E-state index contributed by atoms with van der Waals surface area (Å²) >= 11 is 0. The number of nitrogens with two attached hydrogens (primary N) is 1. The monoisotopic (exact) mass is 247 g/mol. The summed E-state index contributed by atoms with van der Waals surface area (Å²) in [7, 11) is 0. The fourth-order valence-corrected chi connectivity index (χ4v) is 1.08. The Hall–Kier alpha value is -2.09. The SMILES string of the molecule is NNC(=O)c1cc(OC(F)(F)F)ccc1[C]=O. The lowest BCUT2D eigenvalue weighted by Crippen LogP contribution is -2.31. The van der Waals surface area contributed by atoms with Crippen LogP contribution in [0.2, 0.25) is 0 Å². The van der Waals surface area contributed by atoms with E-state index in [0.29, 0.717) is 0 Å². The number of amides is 1. The van der Waals surface area contributed by atoms with E-state index in [1.807, 2.05) is 0 Å². The van der Waals surface area contributed by atoms with Crippen molar-refractivity contribution in [2.75, 3.05) is 0 Å². The molecule has 0 saturated heterocycles. The molecule has 1 aromatic carbocycles. The summed E-state index contributed by atoms with van der Waals surface area (Å²) in [5.41, 5.74) is 1.11. The molecule has 0 unspecified atom stereocenters. The van der Waals surface area contributed by atoms with E-state index in [2.05, 4.69) is 4.74 Å². The van der Waals surface area contributed by atoms with E-state index in [1.165, 1.54) is 6.29 Å². The summed E-state index contributed by atoms with van der Waals surface area (Å²) in [6.07, 6.45) is -3.49. The van der Waals surface area contributed by atoms with E-state index in [4.69, 9.17) is 5.84 Å². The standard InChI is InChI=1S/C9H6F3N2O3/c10-9(11,12)17-6-2-1-5(4-15)7(3-6)8(16)14-13/h1-3H,13H2,(H,14,16). The van der Waals surface area contributed by atoms with Gasteiger partial charge in [-0.25, -0.2) is 5.84 Å². The summed E-state index contributed by atoms with van der Waals surface area (Å²) in [6, 6.07) is 2.61. The highest BCUT2D eigenvalue weighted by molar-refractivity contribution is 6.01. The predicted molar refractivity (Wildman–Crippen MR) is 49.6 cm³/mol. The number of rotatable bonds is 3. The summed E-state index contributed by atoms with van der Waals surface area (Å²) in [5.74, 6) is 3.26. The lowest BCUT2D eigenvalue weighted by Gasteiger charge is -2.10. The van der Waals surface area contributed by atoms with Crippen molar-refractivity contribution in [3.63, 3.8) is 0 Å². The number of alkyl halides is 3. The molecule has 0 aliphatic carbocycles. The van der Waals surface area contributed by atoms with Crippen molar-refractivity contribution in [3.05, 3.63) is 29.3 Å². The van der Waals surface area contributed by atoms with Crippen molar-refractivity contribution >= 4 is 12.2 Å². The van der Waals surface area contributed by atoms with E-state index in [1.54, 1.807) is 5.43 Å². The number of hydrogen-bond acceptors (Lipinski definition) is 4. The van der Waals surface area contributed by atoms with Crippen LogP contribution in [0.15, 0.2) is 18.2 Å². The van der Waals surface area contributed by atoms with Gasteiger partial charge in [-0.3, -0.25) is 15.0 Å². The Morgan fingerprint density at radius 3 is 2.53 bits per heavy atom. The molecule has 0 aliphatic heterocycles. The van der Waals surface area contributed by atoms with Crippen molar-refractivity contribution in [1.82, 2.24) is 5.43 Å². The van der Waals surface area contributed by atoms with Crippen molar-refractivity contribution in [1.29, 1.82) is 0 Å². The van der Waals surface area contributed by atoms with Crippen LogP contribution in [0.5, 0.6) is 5.75 Å². The van der Waals surface area contributed by atoms with Crippen LogP contribution in [0.25, 0.3) is 0 Å². The summed E-state index contributed by atoms with van der Waals surface area (Å²) in [6.45, 7) is 0. The number of halogens is 3. The highest BCUT2D eigenvalue weighted by Crippen LogP contribution is 2.24. The van der Waals surface area contributed by atoms with E-state index < -0.39 is 18.0 Å². The smallest absolute Gasteiger partial charge is 0.406 e.